The average Bonchev–Trinajstić information content (AvgIpc) is 2.74. The van der Waals surface area contributed by atoms with Crippen LogP contribution in [0.1, 0.15) is 16.7 Å². The number of rotatable bonds is 2. The average molecular weight is 335 g/mol. The van der Waals surface area contributed by atoms with Crippen molar-refractivity contribution in [2.24, 2.45) is 0 Å². The maximum atomic E-state index is 6.69. The molecule has 1 aliphatic rings. The highest BCUT2D eigenvalue weighted by Gasteiger charge is 2.37. The molecule has 2 heterocycles. The van der Waals surface area contributed by atoms with Gasteiger partial charge in [0.1, 0.15) is 5.75 Å². The predicted octanol–water partition coefficient (Wildman–Crippen LogP) is 5.58. The van der Waals surface area contributed by atoms with Crippen molar-refractivity contribution in [2.75, 3.05) is 0 Å². The van der Waals surface area contributed by atoms with E-state index in [1.54, 1.807) is 0 Å². The number of fused-ring (bicyclic) bond motifs is 3. The molecular formula is C24H17NO. The molecule has 0 unspecified atom stereocenters. The molecule has 0 saturated heterocycles. The first-order valence-electron chi connectivity index (χ1n) is 8.73. The fraction of sp³-hybridized carbons (Fsp3) is 0.0417. The Bertz CT molecular complexity index is 1060. The van der Waals surface area contributed by atoms with Crippen LogP contribution in [0, 0.1) is 0 Å². The van der Waals surface area contributed by atoms with Gasteiger partial charge in [0.05, 0.1) is 0 Å². The molecule has 0 saturated carbocycles. The van der Waals surface area contributed by atoms with Crippen molar-refractivity contribution >= 4 is 16.8 Å². The lowest BCUT2D eigenvalue weighted by atomic mass is 9.83. The molecule has 0 N–H and O–H groups in total. The summed E-state index contributed by atoms with van der Waals surface area (Å²) in [5.74, 6) is 0.876. The van der Waals surface area contributed by atoms with E-state index in [9.17, 15) is 0 Å². The zero-order valence-electron chi connectivity index (χ0n) is 14.2. The van der Waals surface area contributed by atoms with Crippen LogP contribution < -0.4 is 4.74 Å². The Hall–Kier alpha value is -3.39. The highest BCUT2D eigenvalue weighted by Crippen LogP contribution is 2.43. The van der Waals surface area contributed by atoms with Gasteiger partial charge in [0.25, 0.3) is 0 Å². The standard InChI is InChI=1S/C24H17NO/c1-3-7-19(8-4-1)24(20-9-5-2-6-10-20)15-13-21-22-17-25-16-14-18(22)11-12-23(21)26-24/h1-17H. The first-order chi connectivity index (χ1) is 12.9. The summed E-state index contributed by atoms with van der Waals surface area (Å²) in [6.07, 6.45) is 8.05. The maximum absolute atomic E-state index is 6.69. The summed E-state index contributed by atoms with van der Waals surface area (Å²) in [7, 11) is 0. The largest absolute Gasteiger partial charge is 0.473 e. The Labute approximate surface area is 152 Å². The first-order valence-corrected chi connectivity index (χ1v) is 8.73. The summed E-state index contributed by atoms with van der Waals surface area (Å²) in [4.78, 5) is 4.28. The van der Waals surface area contributed by atoms with Gasteiger partial charge in [-0.05, 0) is 29.7 Å². The normalized spacial score (nSPS) is 14.6. The van der Waals surface area contributed by atoms with Crippen molar-refractivity contribution in [2.45, 2.75) is 5.60 Å². The van der Waals surface area contributed by atoms with E-state index < -0.39 is 5.60 Å². The number of hydrogen-bond acceptors (Lipinski definition) is 2. The van der Waals surface area contributed by atoms with Crippen LogP contribution in [0.25, 0.3) is 16.8 Å². The number of pyridine rings is 1. The summed E-state index contributed by atoms with van der Waals surface area (Å²) in [6, 6.07) is 26.9. The quantitative estimate of drug-likeness (QED) is 0.477. The summed E-state index contributed by atoms with van der Waals surface area (Å²) < 4.78 is 6.69. The van der Waals surface area contributed by atoms with Crippen LogP contribution in [0.4, 0.5) is 0 Å². The monoisotopic (exact) mass is 335 g/mol. The molecule has 0 bridgehead atoms. The van der Waals surface area contributed by atoms with Crippen LogP contribution in [-0.2, 0) is 5.60 Å². The molecule has 0 amide bonds. The van der Waals surface area contributed by atoms with Gasteiger partial charge in [0.15, 0.2) is 5.60 Å². The second-order valence-corrected chi connectivity index (χ2v) is 6.48. The summed E-state index contributed by atoms with van der Waals surface area (Å²) >= 11 is 0. The van der Waals surface area contributed by atoms with Crippen molar-refractivity contribution < 1.29 is 4.74 Å². The zero-order valence-corrected chi connectivity index (χ0v) is 14.2. The fourth-order valence-corrected chi connectivity index (χ4v) is 3.68. The van der Waals surface area contributed by atoms with Crippen LogP contribution in [0.3, 0.4) is 0 Å². The minimum atomic E-state index is -0.634. The van der Waals surface area contributed by atoms with Gasteiger partial charge in [-0.2, -0.15) is 0 Å². The van der Waals surface area contributed by atoms with E-state index >= 15 is 0 Å². The molecule has 0 atom stereocenters. The predicted molar refractivity (Wildman–Crippen MR) is 105 cm³/mol. The smallest absolute Gasteiger partial charge is 0.178 e. The Morgan fingerprint density at radius 2 is 1.42 bits per heavy atom. The highest BCUT2D eigenvalue weighted by atomic mass is 16.5. The summed E-state index contributed by atoms with van der Waals surface area (Å²) in [5.41, 5.74) is 2.67. The third-order valence-corrected chi connectivity index (χ3v) is 4.99. The third kappa shape index (κ3) is 2.23. The van der Waals surface area contributed by atoms with Gasteiger partial charge in [-0.3, -0.25) is 4.98 Å². The van der Waals surface area contributed by atoms with E-state index in [2.05, 4.69) is 77.8 Å². The SMILES string of the molecule is C1=CC(c2ccccc2)(c2ccccc2)Oc2ccc3ccncc3c21. The Morgan fingerprint density at radius 3 is 2.12 bits per heavy atom. The van der Waals surface area contributed by atoms with E-state index in [-0.39, 0.29) is 0 Å². The Balaban J connectivity index is 1.75. The minimum absolute atomic E-state index is 0.634. The molecule has 4 aromatic rings. The van der Waals surface area contributed by atoms with E-state index in [4.69, 9.17) is 4.74 Å². The van der Waals surface area contributed by atoms with Crippen molar-refractivity contribution in [3.63, 3.8) is 0 Å². The fourth-order valence-electron chi connectivity index (χ4n) is 3.68. The Kier molecular flexibility index (Phi) is 3.36. The zero-order chi connectivity index (χ0) is 17.4. The topological polar surface area (TPSA) is 22.1 Å². The van der Waals surface area contributed by atoms with Gasteiger partial charge < -0.3 is 4.74 Å². The Morgan fingerprint density at radius 1 is 0.731 bits per heavy atom. The number of benzene rings is 3. The van der Waals surface area contributed by atoms with E-state index in [1.807, 2.05) is 30.6 Å². The summed E-state index contributed by atoms with van der Waals surface area (Å²) in [6.45, 7) is 0. The van der Waals surface area contributed by atoms with Crippen LogP contribution in [0.2, 0.25) is 0 Å². The molecule has 5 rings (SSSR count). The molecule has 26 heavy (non-hydrogen) atoms. The summed E-state index contributed by atoms with van der Waals surface area (Å²) in [5, 5.41) is 2.27. The first kappa shape index (κ1) is 14.9. The molecular weight excluding hydrogens is 318 g/mol. The molecule has 0 aliphatic carbocycles. The second kappa shape index (κ2) is 5.85. The number of aromatic nitrogens is 1. The van der Waals surface area contributed by atoms with Gasteiger partial charge in [-0.25, -0.2) is 0 Å². The lowest BCUT2D eigenvalue weighted by Gasteiger charge is -2.36. The molecule has 2 nitrogen and oxygen atoms in total. The van der Waals surface area contributed by atoms with Gasteiger partial charge >= 0.3 is 0 Å². The van der Waals surface area contributed by atoms with Gasteiger partial charge in [0.2, 0.25) is 0 Å². The molecule has 0 spiro atoms. The van der Waals surface area contributed by atoms with Crippen molar-refractivity contribution in [3.05, 3.63) is 114 Å². The number of nitrogens with zero attached hydrogens (tertiary/aromatic N) is 1. The van der Waals surface area contributed by atoms with Crippen molar-refractivity contribution in [3.8, 4) is 5.75 Å². The van der Waals surface area contributed by atoms with Gasteiger partial charge in [-0.15, -0.1) is 0 Å². The number of ether oxygens (including phenoxy) is 1. The maximum Gasteiger partial charge on any atom is 0.178 e. The number of hydrogen-bond donors (Lipinski definition) is 0. The van der Waals surface area contributed by atoms with E-state index in [0.717, 1.165) is 27.8 Å². The molecule has 2 heteroatoms. The van der Waals surface area contributed by atoms with E-state index in [1.165, 1.54) is 5.39 Å². The van der Waals surface area contributed by atoms with Gasteiger partial charge in [-0.1, -0.05) is 66.7 Å². The second-order valence-electron chi connectivity index (χ2n) is 6.48. The van der Waals surface area contributed by atoms with Crippen LogP contribution in [0.15, 0.2) is 97.3 Å². The molecule has 1 aromatic heterocycles. The lowest BCUT2D eigenvalue weighted by Crippen LogP contribution is -2.34. The van der Waals surface area contributed by atoms with Crippen LogP contribution >= 0.6 is 0 Å². The van der Waals surface area contributed by atoms with Crippen LogP contribution in [-0.4, -0.2) is 4.98 Å². The molecule has 0 fully saturated rings. The molecule has 3 aromatic carbocycles. The van der Waals surface area contributed by atoms with Crippen molar-refractivity contribution in [1.82, 2.24) is 4.98 Å². The van der Waals surface area contributed by atoms with Crippen molar-refractivity contribution in [1.29, 1.82) is 0 Å². The minimum Gasteiger partial charge on any atom is -0.473 e. The molecule has 0 radical (unpaired) electrons. The third-order valence-electron chi connectivity index (χ3n) is 4.99. The van der Waals surface area contributed by atoms with Gasteiger partial charge in [0, 0.05) is 34.5 Å². The molecule has 124 valence electrons. The van der Waals surface area contributed by atoms with Crippen LogP contribution in [0.5, 0.6) is 5.75 Å². The lowest BCUT2D eigenvalue weighted by molar-refractivity contribution is 0.161. The highest BCUT2D eigenvalue weighted by molar-refractivity contribution is 5.93. The van der Waals surface area contributed by atoms with E-state index in [0.29, 0.717) is 0 Å². The molecule has 1 aliphatic heterocycles.